The normalized spacial score (nSPS) is 15.4. The number of nitrogens with zero attached hydrogens (tertiary/aromatic N) is 3. The van der Waals surface area contributed by atoms with Gasteiger partial charge in [0.15, 0.2) is 11.5 Å². The van der Waals surface area contributed by atoms with Crippen LogP contribution in [0.4, 0.5) is 8.78 Å². The third kappa shape index (κ3) is 6.97. The Morgan fingerprint density at radius 3 is 2.50 bits per heavy atom. The van der Waals surface area contributed by atoms with Crippen LogP contribution in [0.1, 0.15) is 77.8 Å². The van der Waals surface area contributed by atoms with Gasteiger partial charge in [0.25, 0.3) is 0 Å². The lowest BCUT2D eigenvalue weighted by molar-refractivity contribution is 0.0691. The first-order valence-corrected chi connectivity index (χ1v) is 16.4. The second kappa shape index (κ2) is 13.5. The molecule has 6 rings (SSSR count). The minimum absolute atomic E-state index is 0. The van der Waals surface area contributed by atoms with E-state index in [1.54, 1.807) is 22.9 Å². The van der Waals surface area contributed by atoms with Gasteiger partial charge in [-0.05, 0) is 79.8 Å². The van der Waals surface area contributed by atoms with E-state index in [4.69, 9.17) is 5.10 Å². The molecule has 12 heteroatoms. The molecule has 0 radical (unpaired) electrons. The molecule has 0 aliphatic heterocycles. The van der Waals surface area contributed by atoms with Gasteiger partial charge in [0.05, 0.1) is 17.0 Å². The van der Waals surface area contributed by atoms with Gasteiger partial charge in [0, 0.05) is 29.3 Å². The molecule has 1 unspecified atom stereocenters. The number of carbonyl (C=O) groups is 1. The molecule has 2 aliphatic carbocycles. The van der Waals surface area contributed by atoms with Gasteiger partial charge in [0.1, 0.15) is 5.82 Å². The average molecular weight is 640 g/mol. The Bertz CT molecular complexity index is 1780. The number of carboxylic acid groups (broad SMARTS) is 1. The Labute approximate surface area is 260 Å². The third-order valence-electron chi connectivity index (χ3n) is 8.09. The fourth-order valence-corrected chi connectivity index (χ4v) is 6.84. The number of aromatic nitrogens is 3. The minimum Gasteiger partial charge on any atom is -0.476 e. The van der Waals surface area contributed by atoms with E-state index >= 15 is 0 Å². The van der Waals surface area contributed by atoms with Crippen LogP contribution in [0.15, 0.2) is 46.7 Å². The molecule has 8 nitrogen and oxygen atoms in total. The van der Waals surface area contributed by atoms with Gasteiger partial charge in [-0.2, -0.15) is 9.65 Å². The average Bonchev–Trinajstić information content (AvgIpc) is 3.32. The molecular formula is C32H33F2N4O4S2+. The molecule has 44 heavy (non-hydrogen) atoms. The molecule has 0 amide bonds. The lowest BCUT2D eigenvalue weighted by Crippen LogP contribution is -2.06. The van der Waals surface area contributed by atoms with Crippen molar-refractivity contribution in [3.63, 3.8) is 0 Å². The quantitative estimate of drug-likeness (QED) is 0.100. The van der Waals surface area contributed by atoms with Crippen LogP contribution in [-0.2, 0) is 28.1 Å². The highest BCUT2D eigenvalue weighted by molar-refractivity contribution is 7.79. The fourth-order valence-electron chi connectivity index (χ4n) is 5.62. The molecule has 4 aromatic rings. The predicted octanol–water partition coefficient (Wildman–Crippen LogP) is 7.14. The summed E-state index contributed by atoms with van der Waals surface area (Å²) < 4.78 is 52.3. The Morgan fingerprint density at radius 2 is 1.84 bits per heavy atom. The second-order valence-electron chi connectivity index (χ2n) is 11.2. The largest absolute Gasteiger partial charge is 0.476 e. The van der Waals surface area contributed by atoms with Crippen molar-refractivity contribution in [3.05, 3.63) is 81.5 Å². The highest BCUT2D eigenvalue weighted by Gasteiger charge is 2.30. The highest BCUT2D eigenvalue weighted by atomic mass is 32.2. The van der Waals surface area contributed by atoms with Crippen molar-refractivity contribution in [1.82, 2.24) is 20.9 Å². The summed E-state index contributed by atoms with van der Waals surface area (Å²) in [7, 11) is 0. The monoisotopic (exact) mass is 639 g/mol. The number of thiol groups is 1. The highest BCUT2D eigenvalue weighted by Crippen LogP contribution is 2.38. The lowest BCUT2D eigenvalue weighted by Gasteiger charge is -2.09. The van der Waals surface area contributed by atoms with Crippen molar-refractivity contribution in [2.75, 3.05) is 0 Å². The molecule has 2 saturated carbocycles. The molecule has 2 aromatic carbocycles. The Balaban J connectivity index is 0.00000384. The SMILES string of the molecule is N.O=C(O)c1csc(-n2nc(-c3ccc(F)c(C#CCC4CCCC4)c3)c(Cc3ccc([SH+](=O)O)c(F)c3)c2CC2CC2)n1. The summed E-state index contributed by atoms with van der Waals surface area (Å²) in [6.45, 7) is 0. The summed E-state index contributed by atoms with van der Waals surface area (Å²) in [6, 6.07) is 8.86. The maximum atomic E-state index is 14.9. The smallest absolute Gasteiger partial charge is 0.355 e. The standard InChI is InChI=1S/C32H29F2N3O4S2.H3N/c33-25-12-11-23(17-22(25)7-3-6-19-4-1-2-5-19)30-24(14-21-10-13-29(43(40)41)26(34)15-21)28(16-20-8-9-20)37(36-30)32-35-27(18-42-32)31(38)39;/h10-13,15,17-20H,1-2,4-6,8-9,14,16H2,(H,38,39)(H,40,41);1H3/p+1. The third-order valence-corrected chi connectivity index (χ3v) is 9.68. The van der Waals surface area contributed by atoms with Crippen LogP contribution in [-0.4, -0.2) is 30.4 Å². The van der Waals surface area contributed by atoms with E-state index in [-0.39, 0.29) is 28.7 Å². The number of aromatic carboxylic acids is 1. The van der Waals surface area contributed by atoms with Crippen molar-refractivity contribution in [2.24, 2.45) is 11.8 Å². The van der Waals surface area contributed by atoms with E-state index < -0.39 is 28.7 Å². The van der Waals surface area contributed by atoms with Crippen LogP contribution in [0.2, 0.25) is 0 Å². The number of rotatable bonds is 9. The van der Waals surface area contributed by atoms with Crippen LogP contribution < -0.4 is 6.15 Å². The molecule has 0 saturated heterocycles. The van der Waals surface area contributed by atoms with Crippen molar-refractivity contribution >= 4 is 28.4 Å². The Hall–Kier alpha value is -3.76. The number of thiazole rings is 1. The van der Waals surface area contributed by atoms with Gasteiger partial charge in [-0.15, -0.1) is 11.3 Å². The summed E-state index contributed by atoms with van der Waals surface area (Å²) in [4.78, 5) is 15.6. The molecule has 2 aliphatic rings. The Morgan fingerprint density at radius 1 is 1.07 bits per heavy atom. The molecule has 2 aromatic heterocycles. The predicted molar refractivity (Wildman–Crippen MR) is 166 cm³/mol. The zero-order valence-electron chi connectivity index (χ0n) is 23.9. The zero-order chi connectivity index (χ0) is 30.1. The molecule has 2 heterocycles. The molecule has 5 N–H and O–H groups in total. The summed E-state index contributed by atoms with van der Waals surface area (Å²) in [5, 5.41) is 16.2. The first-order valence-electron chi connectivity index (χ1n) is 14.3. The van der Waals surface area contributed by atoms with E-state index in [9.17, 15) is 27.4 Å². The van der Waals surface area contributed by atoms with Crippen LogP contribution in [0.25, 0.3) is 16.4 Å². The van der Waals surface area contributed by atoms with E-state index in [1.807, 2.05) is 0 Å². The van der Waals surface area contributed by atoms with Gasteiger partial charge < -0.3 is 11.3 Å². The van der Waals surface area contributed by atoms with Crippen LogP contribution >= 0.6 is 11.3 Å². The van der Waals surface area contributed by atoms with Gasteiger partial charge in [-0.1, -0.05) is 35.0 Å². The molecule has 230 valence electrons. The first-order chi connectivity index (χ1) is 20.8. The molecule has 2 fully saturated rings. The van der Waals surface area contributed by atoms with Crippen molar-refractivity contribution in [3.8, 4) is 28.2 Å². The Kier molecular flexibility index (Phi) is 9.70. The molecular weight excluding hydrogens is 607 g/mol. The minimum atomic E-state index is -2.83. The van der Waals surface area contributed by atoms with E-state index in [0.717, 1.165) is 54.7 Å². The lowest BCUT2D eigenvalue weighted by atomic mass is 9.96. The fraction of sp³-hybridized carbons (Fsp3) is 0.344. The number of hydrogen-bond donors (Lipinski definition) is 3. The maximum absolute atomic E-state index is 14.9. The van der Waals surface area contributed by atoms with Crippen LogP contribution in [0.3, 0.4) is 0 Å². The van der Waals surface area contributed by atoms with E-state index in [0.29, 0.717) is 40.2 Å². The zero-order valence-corrected chi connectivity index (χ0v) is 25.6. The van der Waals surface area contributed by atoms with E-state index in [1.165, 1.54) is 36.4 Å². The molecule has 0 spiro atoms. The summed E-state index contributed by atoms with van der Waals surface area (Å²) >= 11 is -1.67. The second-order valence-corrected chi connectivity index (χ2v) is 13.1. The number of halogens is 2. The van der Waals surface area contributed by atoms with Crippen molar-refractivity contribution in [2.45, 2.75) is 62.7 Å². The topological polar surface area (TPSA) is 140 Å². The molecule has 0 bridgehead atoms. The maximum Gasteiger partial charge on any atom is 0.355 e. The van der Waals surface area contributed by atoms with Crippen LogP contribution in [0.5, 0.6) is 0 Å². The molecule has 1 atom stereocenters. The summed E-state index contributed by atoms with van der Waals surface area (Å²) in [5.74, 6) is 4.81. The van der Waals surface area contributed by atoms with Crippen LogP contribution in [0, 0.1) is 35.3 Å². The van der Waals surface area contributed by atoms with Gasteiger partial charge in [-0.25, -0.2) is 23.2 Å². The van der Waals surface area contributed by atoms with Crippen molar-refractivity contribution in [1.29, 1.82) is 0 Å². The number of hydrogen-bond acceptors (Lipinski definition) is 6. The number of carboxylic acids is 1. The number of benzene rings is 2. The van der Waals surface area contributed by atoms with E-state index in [2.05, 4.69) is 16.8 Å². The van der Waals surface area contributed by atoms with Gasteiger partial charge >= 0.3 is 5.97 Å². The summed E-state index contributed by atoms with van der Waals surface area (Å²) in [6.07, 6.45) is 8.44. The van der Waals surface area contributed by atoms with Gasteiger partial charge in [-0.3, -0.25) is 0 Å². The summed E-state index contributed by atoms with van der Waals surface area (Å²) in [5.41, 5.74) is 3.51. The van der Waals surface area contributed by atoms with Gasteiger partial charge in [0.2, 0.25) is 21.1 Å². The first kappa shape index (κ1) is 31.7. The van der Waals surface area contributed by atoms with Crippen molar-refractivity contribution < 1.29 is 27.4 Å².